The molecule has 0 saturated carbocycles. The van der Waals surface area contributed by atoms with E-state index in [0.29, 0.717) is 21.6 Å². The molecule has 0 bridgehead atoms. The number of nitrogens with zero attached hydrogens (tertiary/aromatic N) is 4. The van der Waals surface area contributed by atoms with Gasteiger partial charge in [-0.2, -0.15) is 0 Å². The molecule has 0 saturated heterocycles. The molecule has 29 heavy (non-hydrogen) atoms. The Morgan fingerprint density at radius 2 is 1.66 bits per heavy atom. The number of nitro benzene ring substituents is 1. The van der Waals surface area contributed by atoms with Gasteiger partial charge in [0, 0.05) is 22.6 Å². The van der Waals surface area contributed by atoms with Crippen molar-refractivity contribution >= 4 is 29.1 Å². The van der Waals surface area contributed by atoms with Gasteiger partial charge in [0.15, 0.2) is 11.0 Å². The van der Waals surface area contributed by atoms with Crippen LogP contribution in [0, 0.1) is 10.1 Å². The molecular formula is C21H15ClN4O2S. The van der Waals surface area contributed by atoms with E-state index in [0.717, 1.165) is 17.0 Å². The van der Waals surface area contributed by atoms with Crippen LogP contribution in [0.2, 0.25) is 5.02 Å². The predicted molar refractivity (Wildman–Crippen MR) is 113 cm³/mol. The molecular weight excluding hydrogens is 408 g/mol. The molecule has 1 heterocycles. The molecule has 0 fully saturated rings. The molecule has 0 amide bonds. The molecule has 0 aliphatic carbocycles. The van der Waals surface area contributed by atoms with E-state index in [4.69, 9.17) is 11.6 Å². The summed E-state index contributed by atoms with van der Waals surface area (Å²) in [4.78, 5) is 11.2. The summed E-state index contributed by atoms with van der Waals surface area (Å²) in [6.45, 7) is 0.588. The minimum atomic E-state index is -0.467. The molecule has 4 aromatic rings. The Morgan fingerprint density at radius 3 is 2.31 bits per heavy atom. The second kappa shape index (κ2) is 8.46. The van der Waals surface area contributed by atoms with Gasteiger partial charge in [-0.1, -0.05) is 72.3 Å². The predicted octanol–water partition coefficient (Wildman–Crippen LogP) is 5.71. The summed E-state index contributed by atoms with van der Waals surface area (Å²) >= 11 is 7.61. The van der Waals surface area contributed by atoms with Crippen LogP contribution in [0.15, 0.2) is 88.9 Å². The molecule has 6 nitrogen and oxygen atoms in total. The van der Waals surface area contributed by atoms with E-state index in [1.54, 1.807) is 6.07 Å². The standard InChI is InChI=1S/C21H15ClN4O2S/c22-18-13-17(26(27)28)11-12-19(18)29-21-24-23-20(16-9-5-2-6-10-16)25(21)14-15-7-3-1-4-8-15/h1-13H,14H2. The highest BCUT2D eigenvalue weighted by Gasteiger charge is 2.18. The summed E-state index contributed by atoms with van der Waals surface area (Å²) < 4.78 is 2.02. The Hall–Kier alpha value is -3.16. The zero-order chi connectivity index (χ0) is 20.2. The van der Waals surface area contributed by atoms with Gasteiger partial charge in [-0.25, -0.2) is 0 Å². The summed E-state index contributed by atoms with van der Waals surface area (Å²) in [6, 6.07) is 24.3. The maximum atomic E-state index is 11.0. The first-order valence-electron chi connectivity index (χ1n) is 8.76. The molecule has 0 spiro atoms. The van der Waals surface area contributed by atoms with Gasteiger partial charge < -0.3 is 0 Å². The van der Waals surface area contributed by atoms with E-state index in [1.807, 2.05) is 65.2 Å². The largest absolute Gasteiger partial charge is 0.297 e. The summed E-state index contributed by atoms with van der Waals surface area (Å²) in [7, 11) is 0. The van der Waals surface area contributed by atoms with Crippen molar-refractivity contribution in [1.29, 1.82) is 0 Å². The van der Waals surface area contributed by atoms with Crippen molar-refractivity contribution in [2.75, 3.05) is 0 Å². The molecule has 144 valence electrons. The summed E-state index contributed by atoms with van der Waals surface area (Å²) in [5.41, 5.74) is 2.02. The minimum Gasteiger partial charge on any atom is -0.297 e. The van der Waals surface area contributed by atoms with E-state index in [9.17, 15) is 10.1 Å². The highest BCUT2D eigenvalue weighted by atomic mass is 35.5. The van der Waals surface area contributed by atoms with Crippen LogP contribution in [0.1, 0.15) is 5.56 Å². The Bertz CT molecular complexity index is 1150. The summed E-state index contributed by atoms with van der Waals surface area (Å²) in [5, 5.41) is 20.7. The van der Waals surface area contributed by atoms with Crippen molar-refractivity contribution in [2.24, 2.45) is 0 Å². The van der Waals surface area contributed by atoms with Gasteiger partial charge in [0.05, 0.1) is 16.5 Å². The fraction of sp³-hybridized carbons (Fsp3) is 0.0476. The zero-order valence-corrected chi connectivity index (χ0v) is 16.7. The highest BCUT2D eigenvalue weighted by Crippen LogP contribution is 2.36. The fourth-order valence-corrected chi connectivity index (χ4v) is 3.98. The number of halogens is 1. The van der Waals surface area contributed by atoms with Gasteiger partial charge in [0.2, 0.25) is 0 Å². The second-order valence-corrected chi connectivity index (χ2v) is 7.63. The first-order chi connectivity index (χ1) is 14.1. The van der Waals surface area contributed by atoms with Gasteiger partial charge in [-0.05, 0) is 23.4 Å². The lowest BCUT2D eigenvalue weighted by Gasteiger charge is -2.11. The van der Waals surface area contributed by atoms with Gasteiger partial charge in [-0.15, -0.1) is 10.2 Å². The van der Waals surface area contributed by atoms with Gasteiger partial charge >= 0.3 is 0 Å². The highest BCUT2D eigenvalue weighted by molar-refractivity contribution is 7.99. The summed E-state index contributed by atoms with van der Waals surface area (Å²) in [6.07, 6.45) is 0. The van der Waals surface area contributed by atoms with E-state index >= 15 is 0 Å². The number of non-ortho nitro benzene ring substituents is 1. The van der Waals surface area contributed by atoms with Crippen molar-refractivity contribution < 1.29 is 4.92 Å². The van der Waals surface area contributed by atoms with Gasteiger partial charge in [0.25, 0.3) is 5.69 Å². The zero-order valence-electron chi connectivity index (χ0n) is 15.1. The molecule has 8 heteroatoms. The number of hydrogen-bond donors (Lipinski definition) is 0. The molecule has 0 aliphatic heterocycles. The van der Waals surface area contributed by atoms with Gasteiger partial charge in [-0.3, -0.25) is 14.7 Å². The van der Waals surface area contributed by atoms with Crippen LogP contribution in [0.4, 0.5) is 5.69 Å². The molecule has 4 rings (SSSR count). The lowest BCUT2D eigenvalue weighted by atomic mass is 10.2. The molecule has 0 aliphatic rings. The maximum Gasteiger partial charge on any atom is 0.270 e. The van der Waals surface area contributed by atoms with Crippen LogP contribution >= 0.6 is 23.4 Å². The summed E-state index contributed by atoms with van der Waals surface area (Å²) in [5.74, 6) is 0.745. The maximum absolute atomic E-state index is 11.0. The van der Waals surface area contributed by atoms with E-state index in [1.165, 1.54) is 23.9 Å². The smallest absolute Gasteiger partial charge is 0.270 e. The molecule has 0 N–H and O–H groups in total. The number of hydrogen-bond acceptors (Lipinski definition) is 5. The first-order valence-corrected chi connectivity index (χ1v) is 9.95. The van der Waals surface area contributed by atoms with Crippen LogP contribution in [-0.4, -0.2) is 19.7 Å². The quantitative estimate of drug-likeness (QED) is 0.294. The van der Waals surface area contributed by atoms with E-state index in [-0.39, 0.29) is 5.69 Å². The number of rotatable bonds is 6. The number of aromatic nitrogens is 3. The SMILES string of the molecule is O=[N+]([O-])c1ccc(Sc2nnc(-c3ccccc3)n2Cc2ccccc2)c(Cl)c1. The van der Waals surface area contributed by atoms with Crippen molar-refractivity contribution in [3.8, 4) is 11.4 Å². The number of nitro groups is 1. The average molecular weight is 423 g/mol. The lowest BCUT2D eigenvalue weighted by molar-refractivity contribution is -0.384. The number of benzene rings is 3. The molecule has 1 aromatic heterocycles. The van der Waals surface area contributed by atoms with Crippen molar-refractivity contribution in [2.45, 2.75) is 16.6 Å². The third kappa shape index (κ3) is 4.31. The van der Waals surface area contributed by atoms with Crippen molar-refractivity contribution in [3.63, 3.8) is 0 Å². The van der Waals surface area contributed by atoms with Gasteiger partial charge in [0.1, 0.15) is 0 Å². The van der Waals surface area contributed by atoms with Crippen molar-refractivity contribution in [3.05, 3.63) is 99.6 Å². The van der Waals surface area contributed by atoms with Crippen LogP contribution in [0.3, 0.4) is 0 Å². The van der Waals surface area contributed by atoms with E-state index < -0.39 is 4.92 Å². The molecule has 0 unspecified atom stereocenters. The van der Waals surface area contributed by atoms with Crippen LogP contribution in [0.25, 0.3) is 11.4 Å². The first kappa shape index (κ1) is 19.2. The Kier molecular flexibility index (Phi) is 5.59. The third-order valence-electron chi connectivity index (χ3n) is 4.26. The fourth-order valence-electron chi connectivity index (χ4n) is 2.86. The molecule has 0 atom stereocenters. The normalized spacial score (nSPS) is 10.8. The third-order valence-corrected chi connectivity index (χ3v) is 5.75. The van der Waals surface area contributed by atoms with Crippen LogP contribution in [-0.2, 0) is 6.54 Å². The lowest BCUT2D eigenvalue weighted by Crippen LogP contribution is -2.04. The van der Waals surface area contributed by atoms with Crippen LogP contribution < -0.4 is 0 Å². The van der Waals surface area contributed by atoms with Crippen molar-refractivity contribution in [1.82, 2.24) is 14.8 Å². The topological polar surface area (TPSA) is 73.8 Å². The Balaban J connectivity index is 1.73. The van der Waals surface area contributed by atoms with Crippen LogP contribution in [0.5, 0.6) is 0 Å². The molecule has 0 radical (unpaired) electrons. The minimum absolute atomic E-state index is 0.0462. The Morgan fingerprint density at radius 1 is 0.966 bits per heavy atom. The van der Waals surface area contributed by atoms with E-state index in [2.05, 4.69) is 10.2 Å². The second-order valence-electron chi connectivity index (χ2n) is 6.22. The molecule has 3 aromatic carbocycles. The monoisotopic (exact) mass is 422 g/mol. The Labute approximate surface area is 176 Å². The average Bonchev–Trinajstić information content (AvgIpc) is 3.13.